The highest BCUT2D eigenvalue weighted by atomic mass is 79.9. The summed E-state index contributed by atoms with van der Waals surface area (Å²) in [6.45, 7) is 7.67. The van der Waals surface area contributed by atoms with Gasteiger partial charge in [0.1, 0.15) is 6.54 Å². The average molecular weight is 382 g/mol. The summed E-state index contributed by atoms with van der Waals surface area (Å²) >= 11 is 3.46. The molecular formula is C16H20BrN3O3. The third-order valence-electron chi connectivity index (χ3n) is 3.70. The second-order valence-corrected chi connectivity index (χ2v) is 6.61. The number of ketones is 1. The van der Waals surface area contributed by atoms with E-state index in [2.05, 4.69) is 26.0 Å². The van der Waals surface area contributed by atoms with E-state index in [4.69, 9.17) is 4.74 Å². The van der Waals surface area contributed by atoms with Crippen LogP contribution in [0.25, 0.3) is 0 Å². The number of carbonyl (C=O) groups is 2. The van der Waals surface area contributed by atoms with E-state index < -0.39 is 5.97 Å². The molecule has 6 nitrogen and oxygen atoms in total. The van der Waals surface area contributed by atoms with Crippen LogP contribution in [0.1, 0.15) is 57.6 Å². The highest BCUT2D eigenvalue weighted by molar-refractivity contribution is 9.10. The number of methoxy groups -OCH3 is 1. The number of halogens is 1. The van der Waals surface area contributed by atoms with Gasteiger partial charge in [0, 0.05) is 11.9 Å². The molecule has 2 aromatic rings. The number of aryl methyl sites for hydroxylation is 1. The number of carbonyl (C=O) groups excluding carboxylic acids is 2. The highest BCUT2D eigenvalue weighted by Gasteiger charge is 2.23. The van der Waals surface area contributed by atoms with Crippen molar-refractivity contribution in [2.45, 2.75) is 40.2 Å². The van der Waals surface area contributed by atoms with Crippen molar-refractivity contribution in [2.24, 2.45) is 0 Å². The van der Waals surface area contributed by atoms with Crippen LogP contribution in [0, 0.1) is 13.8 Å². The summed E-state index contributed by atoms with van der Waals surface area (Å²) in [7, 11) is 1.32. The van der Waals surface area contributed by atoms with Crippen molar-refractivity contribution in [3.63, 3.8) is 0 Å². The molecule has 0 aliphatic carbocycles. The first-order valence-electron chi connectivity index (χ1n) is 7.29. The molecule has 2 heterocycles. The summed E-state index contributed by atoms with van der Waals surface area (Å²) in [6.07, 6.45) is 1.79. The van der Waals surface area contributed by atoms with Gasteiger partial charge in [0.25, 0.3) is 0 Å². The lowest BCUT2D eigenvalue weighted by atomic mass is 10.1. The largest absolute Gasteiger partial charge is 0.465 e. The predicted octanol–water partition coefficient (Wildman–Crippen LogP) is 3.38. The molecule has 124 valence electrons. The summed E-state index contributed by atoms with van der Waals surface area (Å²) < 4.78 is 7.25. The van der Waals surface area contributed by atoms with Crippen LogP contribution in [0.5, 0.6) is 0 Å². The van der Waals surface area contributed by atoms with Crippen molar-refractivity contribution in [3.8, 4) is 0 Å². The van der Waals surface area contributed by atoms with E-state index in [1.54, 1.807) is 24.7 Å². The number of H-pyrrole nitrogens is 1. The topological polar surface area (TPSA) is 77.0 Å². The van der Waals surface area contributed by atoms with E-state index in [9.17, 15) is 9.59 Å². The van der Waals surface area contributed by atoms with Gasteiger partial charge in [0.2, 0.25) is 5.78 Å². The van der Waals surface area contributed by atoms with Crippen LogP contribution in [0.15, 0.2) is 10.7 Å². The maximum Gasteiger partial charge on any atom is 0.339 e. The van der Waals surface area contributed by atoms with Crippen molar-refractivity contribution < 1.29 is 14.3 Å². The average Bonchev–Trinajstić information content (AvgIpc) is 2.98. The maximum atomic E-state index is 12.5. The first-order valence-corrected chi connectivity index (χ1v) is 8.09. The number of esters is 1. The standard InChI is InChI=1S/C16H20BrN3O3/c1-8(2)14-11(17)6-20(19-14)7-12(21)15-9(3)13(10(4)18-15)16(22)23-5/h6,8,18H,7H2,1-5H3. The fourth-order valence-corrected chi connectivity index (χ4v) is 3.32. The van der Waals surface area contributed by atoms with Crippen molar-refractivity contribution in [1.29, 1.82) is 0 Å². The molecule has 7 heteroatoms. The number of Topliss-reactive ketones (excluding diaryl/α,β-unsaturated/α-hetero) is 1. The fourth-order valence-electron chi connectivity index (χ4n) is 2.55. The number of aromatic amines is 1. The molecular weight excluding hydrogens is 362 g/mol. The van der Waals surface area contributed by atoms with Crippen molar-refractivity contribution in [3.05, 3.63) is 38.9 Å². The number of aromatic nitrogens is 3. The smallest absolute Gasteiger partial charge is 0.339 e. The quantitative estimate of drug-likeness (QED) is 0.635. The zero-order valence-electron chi connectivity index (χ0n) is 13.9. The molecule has 23 heavy (non-hydrogen) atoms. The number of nitrogens with one attached hydrogen (secondary N) is 1. The summed E-state index contributed by atoms with van der Waals surface area (Å²) in [6, 6.07) is 0. The van der Waals surface area contributed by atoms with E-state index in [0.717, 1.165) is 10.2 Å². The van der Waals surface area contributed by atoms with E-state index in [1.165, 1.54) is 7.11 Å². The number of hydrogen-bond donors (Lipinski definition) is 1. The third kappa shape index (κ3) is 3.39. The molecule has 1 N–H and O–H groups in total. The Morgan fingerprint density at radius 3 is 2.57 bits per heavy atom. The van der Waals surface area contributed by atoms with Gasteiger partial charge in [0.05, 0.1) is 28.5 Å². The summed E-state index contributed by atoms with van der Waals surface area (Å²) in [5.41, 5.74) is 2.98. The SMILES string of the molecule is COC(=O)c1c(C)[nH]c(C(=O)Cn2cc(Br)c(C(C)C)n2)c1C. The molecule has 0 aliphatic heterocycles. The minimum atomic E-state index is -0.445. The van der Waals surface area contributed by atoms with Gasteiger partial charge < -0.3 is 9.72 Å². The number of rotatable bonds is 5. The molecule has 0 bridgehead atoms. The van der Waals surface area contributed by atoms with Crippen LogP contribution in [-0.2, 0) is 11.3 Å². The summed E-state index contributed by atoms with van der Waals surface area (Å²) in [5.74, 6) is -0.314. The number of nitrogens with zero attached hydrogens (tertiary/aromatic N) is 2. The molecule has 0 aliphatic rings. The Hall–Kier alpha value is -1.89. The Morgan fingerprint density at radius 2 is 2.04 bits per heavy atom. The summed E-state index contributed by atoms with van der Waals surface area (Å²) in [5, 5.41) is 4.43. The van der Waals surface area contributed by atoms with Gasteiger partial charge in [-0.3, -0.25) is 9.48 Å². The first kappa shape index (κ1) is 17.5. The molecule has 0 saturated carbocycles. The summed E-state index contributed by atoms with van der Waals surface area (Å²) in [4.78, 5) is 27.3. The van der Waals surface area contributed by atoms with Crippen LogP contribution >= 0.6 is 15.9 Å². The Labute approximate surface area is 143 Å². The number of ether oxygens (including phenoxy) is 1. The van der Waals surface area contributed by atoms with Crippen LogP contribution in [0.4, 0.5) is 0 Å². The van der Waals surface area contributed by atoms with Gasteiger partial charge in [-0.05, 0) is 41.3 Å². The Morgan fingerprint density at radius 1 is 1.39 bits per heavy atom. The normalized spacial score (nSPS) is 11.1. The molecule has 0 saturated heterocycles. The van der Waals surface area contributed by atoms with E-state index in [-0.39, 0.29) is 18.2 Å². The number of hydrogen-bond acceptors (Lipinski definition) is 4. The van der Waals surface area contributed by atoms with E-state index >= 15 is 0 Å². The van der Waals surface area contributed by atoms with Crippen LogP contribution in [0.3, 0.4) is 0 Å². The molecule has 2 rings (SSSR count). The van der Waals surface area contributed by atoms with Crippen molar-refractivity contribution >= 4 is 27.7 Å². The molecule has 0 aromatic carbocycles. The van der Waals surface area contributed by atoms with Gasteiger partial charge in [-0.15, -0.1) is 0 Å². The Bertz CT molecular complexity index is 759. The Balaban J connectivity index is 2.28. The van der Waals surface area contributed by atoms with Crippen LogP contribution in [-0.4, -0.2) is 33.6 Å². The van der Waals surface area contributed by atoms with Gasteiger partial charge in [-0.1, -0.05) is 13.8 Å². The van der Waals surface area contributed by atoms with Crippen LogP contribution in [0.2, 0.25) is 0 Å². The Kier molecular flexibility index (Phi) is 5.09. The molecule has 0 unspecified atom stereocenters. The lowest BCUT2D eigenvalue weighted by Gasteiger charge is -2.03. The predicted molar refractivity (Wildman–Crippen MR) is 90.0 cm³/mol. The van der Waals surface area contributed by atoms with Gasteiger partial charge in [-0.2, -0.15) is 5.10 Å². The minimum absolute atomic E-state index is 0.104. The van der Waals surface area contributed by atoms with Crippen molar-refractivity contribution in [1.82, 2.24) is 14.8 Å². The fraction of sp³-hybridized carbons (Fsp3) is 0.438. The molecule has 0 radical (unpaired) electrons. The lowest BCUT2D eigenvalue weighted by Crippen LogP contribution is -2.13. The van der Waals surface area contributed by atoms with Crippen LogP contribution < -0.4 is 0 Å². The van der Waals surface area contributed by atoms with Gasteiger partial charge in [-0.25, -0.2) is 4.79 Å². The zero-order chi connectivity index (χ0) is 17.3. The minimum Gasteiger partial charge on any atom is -0.465 e. The zero-order valence-corrected chi connectivity index (χ0v) is 15.4. The third-order valence-corrected chi connectivity index (χ3v) is 4.31. The van der Waals surface area contributed by atoms with Gasteiger partial charge in [0.15, 0.2) is 0 Å². The van der Waals surface area contributed by atoms with Gasteiger partial charge >= 0.3 is 5.97 Å². The molecule has 0 fully saturated rings. The van der Waals surface area contributed by atoms with E-state index in [0.29, 0.717) is 22.5 Å². The van der Waals surface area contributed by atoms with Crippen molar-refractivity contribution in [2.75, 3.05) is 7.11 Å². The molecule has 0 amide bonds. The lowest BCUT2D eigenvalue weighted by molar-refractivity contribution is 0.0599. The van der Waals surface area contributed by atoms with E-state index in [1.807, 2.05) is 13.8 Å². The highest BCUT2D eigenvalue weighted by Crippen LogP contribution is 2.23. The first-order chi connectivity index (χ1) is 10.8. The molecule has 0 atom stereocenters. The maximum absolute atomic E-state index is 12.5. The monoisotopic (exact) mass is 381 g/mol. The second kappa shape index (κ2) is 6.70. The molecule has 2 aromatic heterocycles. The second-order valence-electron chi connectivity index (χ2n) is 5.75. The molecule has 0 spiro atoms.